The third-order valence-electron chi connectivity index (χ3n) is 4.98. The molecule has 1 aliphatic heterocycles. The van der Waals surface area contributed by atoms with E-state index in [1.54, 1.807) is 13.2 Å². The van der Waals surface area contributed by atoms with Crippen molar-refractivity contribution in [1.29, 1.82) is 5.26 Å². The zero-order valence-corrected chi connectivity index (χ0v) is 14.6. The molecule has 2 aromatic rings. The summed E-state index contributed by atoms with van der Waals surface area (Å²) in [6.07, 6.45) is 4.80. The highest BCUT2D eigenvalue weighted by Crippen LogP contribution is 2.36. The van der Waals surface area contributed by atoms with Gasteiger partial charge in [-0.1, -0.05) is 0 Å². The number of nitriles is 1. The van der Waals surface area contributed by atoms with Gasteiger partial charge in [0, 0.05) is 36.9 Å². The van der Waals surface area contributed by atoms with Crippen LogP contribution in [0.4, 0.5) is 15.9 Å². The average molecular weight is 353 g/mol. The first kappa shape index (κ1) is 16.6. The summed E-state index contributed by atoms with van der Waals surface area (Å²) in [5.74, 6) is 1.06. The average Bonchev–Trinajstić information content (AvgIpc) is 3.37. The molecule has 4 rings (SSSR count). The fraction of sp³-hybridized carbons (Fsp3) is 0.421. The van der Waals surface area contributed by atoms with Gasteiger partial charge in [0.25, 0.3) is 0 Å². The molecular formula is C19H20FN5O. The van der Waals surface area contributed by atoms with E-state index in [0.29, 0.717) is 17.5 Å². The summed E-state index contributed by atoms with van der Waals surface area (Å²) in [7, 11) is 1.60. The Balaban J connectivity index is 1.56. The van der Waals surface area contributed by atoms with Gasteiger partial charge in [-0.2, -0.15) is 5.26 Å². The van der Waals surface area contributed by atoms with E-state index < -0.39 is 0 Å². The van der Waals surface area contributed by atoms with Crippen LogP contribution in [0.25, 0.3) is 0 Å². The van der Waals surface area contributed by atoms with Gasteiger partial charge in [-0.3, -0.25) is 0 Å². The molecule has 1 saturated carbocycles. The number of ether oxygens (including phenoxy) is 1. The van der Waals surface area contributed by atoms with Gasteiger partial charge >= 0.3 is 0 Å². The molecule has 1 aromatic heterocycles. The molecule has 1 saturated heterocycles. The van der Waals surface area contributed by atoms with Crippen molar-refractivity contribution in [2.24, 2.45) is 0 Å². The lowest BCUT2D eigenvalue weighted by molar-refractivity contribution is 0.396. The Labute approximate surface area is 151 Å². The standard InChI is InChI=1S/C19H20FN5O/c1-26-19-9-18(22-12-23-19)25(15-2-3-15)16-4-5-24(11-16)17-7-13(10-21)6-14(20)8-17/h6-9,12,15-16H,2-5,11H2,1H3. The first-order chi connectivity index (χ1) is 12.7. The van der Waals surface area contributed by atoms with Crippen LogP contribution in [-0.4, -0.2) is 42.3 Å². The number of hydrogen-bond donors (Lipinski definition) is 0. The molecule has 6 nitrogen and oxygen atoms in total. The fourth-order valence-electron chi connectivity index (χ4n) is 3.63. The Kier molecular flexibility index (Phi) is 4.33. The molecule has 0 radical (unpaired) electrons. The first-order valence-electron chi connectivity index (χ1n) is 8.78. The fourth-order valence-corrected chi connectivity index (χ4v) is 3.63. The van der Waals surface area contributed by atoms with E-state index in [2.05, 4.69) is 19.8 Å². The van der Waals surface area contributed by atoms with E-state index in [4.69, 9.17) is 10.00 Å². The van der Waals surface area contributed by atoms with Crippen LogP contribution in [0.1, 0.15) is 24.8 Å². The zero-order chi connectivity index (χ0) is 18.1. The number of benzene rings is 1. The number of aromatic nitrogens is 2. The molecule has 2 aliphatic rings. The predicted molar refractivity (Wildman–Crippen MR) is 95.8 cm³/mol. The predicted octanol–water partition coefficient (Wildman–Crippen LogP) is 2.74. The smallest absolute Gasteiger partial charge is 0.218 e. The molecule has 0 amide bonds. The molecule has 26 heavy (non-hydrogen) atoms. The van der Waals surface area contributed by atoms with E-state index in [9.17, 15) is 4.39 Å². The van der Waals surface area contributed by atoms with Crippen LogP contribution in [0.3, 0.4) is 0 Å². The number of rotatable bonds is 5. The van der Waals surface area contributed by atoms with E-state index in [0.717, 1.165) is 43.9 Å². The van der Waals surface area contributed by atoms with Crippen molar-refractivity contribution in [1.82, 2.24) is 9.97 Å². The molecule has 1 aliphatic carbocycles. The second-order valence-corrected chi connectivity index (χ2v) is 6.76. The quantitative estimate of drug-likeness (QED) is 0.823. The van der Waals surface area contributed by atoms with Crippen LogP contribution in [0.5, 0.6) is 5.88 Å². The number of anilines is 2. The van der Waals surface area contributed by atoms with Gasteiger partial charge in [0.1, 0.15) is 18.0 Å². The van der Waals surface area contributed by atoms with E-state index in [1.807, 2.05) is 12.1 Å². The first-order valence-corrected chi connectivity index (χ1v) is 8.78. The lowest BCUT2D eigenvalue weighted by Gasteiger charge is -2.30. The second-order valence-electron chi connectivity index (χ2n) is 6.76. The molecule has 1 unspecified atom stereocenters. The lowest BCUT2D eigenvalue weighted by Crippen LogP contribution is -2.40. The molecule has 0 N–H and O–H groups in total. The van der Waals surface area contributed by atoms with Crippen molar-refractivity contribution in [3.8, 4) is 11.9 Å². The third kappa shape index (κ3) is 3.27. The Hall–Kier alpha value is -2.88. The van der Waals surface area contributed by atoms with Gasteiger partial charge in [0.05, 0.1) is 18.7 Å². The minimum atomic E-state index is -0.373. The Morgan fingerprint density at radius 3 is 2.77 bits per heavy atom. The highest BCUT2D eigenvalue weighted by Gasteiger charge is 2.38. The third-order valence-corrected chi connectivity index (χ3v) is 4.98. The number of halogens is 1. The maximum Gasteiger partial charge on any atom is 0.218 e. The molecule has 7 heteroatoms. The van der Waals surface area contributed by atoms with Crippen molar-refractivity contribution in [2.45, 2.75) is 31.3 Å². The van der Waals surface area contributed by atoms with Crippen molar-refractivity contribution in [3.05, 3.63) is 42.0 Å². The van der Waals surface area contributed by atoms with Gasteiger partial charge in [-0.15, -0.1) is 0 Å². The lowest BCUT2D eigenvalue weighted by atomic mass is 10.2. The van der Waals surface area contributed by atoms with Gasteiger partial charge in [-0.05, 0) is 37.5 Å². The maximum absolute atomic E-state index is 13.8. The maximum atomic E-state index is 13.8. The molecule has 1 aromatic carbocycles. The Bertz CT molecular complexity index is 848. The number of hydrogen-bond acceptors (Lipinski definition) is 6. The number of methoxy groups -OCH3 is 1. The summed E-state index contributed by atoms with van der Waals surface area (Å²) < 4.78 is 19.0. The van der Waals surface area contributed by atoms with Crippen LogP contribution in [0, 0.1) is 17.1 Å². The monoisotopic (exact) mass is 353 g/mol. The van der Waals surface area contributed by atoms with E-state index in [1.165, 1.54) is 18.5 Å². The molecular weight excluding hydrogens is 333 g/mol. The minimum Gasteiger partial charge on any atom is -0.481 e. The highest BCUT2D eigenvalue weighted by atomic mass is 19.1. The summed E-state index contributed by atoms with van der Waals surface area (Å²) >= 11 is 0. The SMILES string of the molecule is COc1cc(N(C2CC2)C2CCN(c3cc(F)cc(C#N)c3)C2)ncn1. The van der Waals surface area contributed by atoms with Crippen molar-refractivity contribution in [2.75, 3.05) is 30.0 Å². The van der Waals surface area contributed by atoms with Gasteiger partial charge in [-0.25, -0.2) is 14.4 Å². The molecule has 1 atom stereocenters. The summed E-state index contributed by atoms with van der Waals surface area (Å²) in [5, 5.41) is 9.08. The van der Waals surface area contributed by atoms with Gasteiger partial charge in [0.15, 0.2) is 0 Å². The minimum absolute atomic E-state index is 0.288. The van der Waals surface area contributed by atoms with E-state index in [-0.39, 0.29) is 11.9 Å². The highest BCUT2D eigenvalue weighted by molar-refractivity contribution is 5.54. The zero-order valence-electron chi connectivity index (χ0n) is 14.6. The normalized spacial score (nSPS) is 19.3. The van der Waals surface area contributed by atoms with Crippen LogP contribution in [0.15, 0.2) is 30.6 Å². The summed E-state index contributed by atoms with van der Waals surface area (Å²) in [6, 6.07) is 9.19. The summed E-state index contributed by atoms with van der Waals surface area (Å²) in [5.41, 5.74) is 1.11. The molecule has 134 valence electrons. The van der Waals surface area contributed by atoms with E-state index >= 15 is 0 Å². The van der Waals surface area contributed by atoms with Gasteiger partial charge < -0.3 is 14.5 Å². The van der Waals surface area contributed by atoms with Crippen LogP contribution in [0.2, 0.25) is 0 Å². The molecule has 2 fully saturated rings. The van der Waals surface area contributed by atoms with Gasteiger partial charge in [0.2, 0.25) is 5.88 Å². The summed E-state index contributed by atoms with van der Waals surface area (Å²) in [6.45, 7) is 1.60. The largest absolute Gasteiger partial charge is 0.481 e. The topological polar surface area (TPSA) is 65.3 Å². The Morgan fingerprint density at radius 2 is 2.04 bits per heavy atom. The van der Waals surface area contributed by atoms with Crippen molar-refractivity contribution < 1.29 is 9.13 Å². The molecule has 0 bridgehead atoms. The number of nitrogens with zero attached hydrogens (tertiary/aromatic N) is 5. The second kappa shape index (κ2) is 6.79. The van der Waals surface area contributed by atoms with Crippen LogP contribution >= 0.6 is 0 Å². The van der Waals surface area contributed by atoms with Crippen molar-refractivity contribution >= 4 is 11.5 Å². The van der Waals surface area contributed by atoms with Crippen molar-refractivity contribution in [3.63, 3.8) is 0 Å². The van der Waals surface area contributed by atoms with Crippen LogP contribution in [-0.2, 0) is 0 Å². The van der Waals surface area contributed by atoms with Crippen LogP contribution < -0.4 is 14.5 Å². The molecule has 2 heterocycles. The molecule has 0 spiro atoms. The Morgan fingerprint density at radius 1 is 1.19 bits per heavy atom. The summed E-state index contributed by atoms with van der Waals surface area (Å²) in [4.78, 5) is 13.0.